The first-order valence-electron chi connectivity index (χ1n) is 9.31. The predicted molar refractivity (Wildman–Crippen MR) is 113 cm³/mol. The van der Waals surface area contributed by atoms with Crippen molar-refractivity contribution in [3.8, 4) is 0 Å². The Morgan fingerprint density at radius 1 is 1.24 bits per heavy atom. The number of halogens is 1. The Labute approximate surface area is 171 Å². The summed E-state index contributed by atoms with van der Waals surface area (Å²) in [6.45, 7) is 3.60. The van der Waals surface area contributed by atoms with Crippen molar-refractivity contribution >= 4 is 46.0 Å². The summed E-state index contributed by atoms with van der Waals surface area (Å²) in [5, 5.41) is 2.48. The second kappa shape index (κ2) is 7.79. The summed E-state index contributed by atoms with van der Waals surface area (Å²) in [6, 6.07) is 13.0. The molecule has 0 fully saturated rings. The van der Waals surface area contributed by atoms with Crippen LogP contribution in [-0.4, -0.2) is 39.0 Å². The van der Waals surface area contributed by atoms with Crippen LogP contribution in [0.2, 0.25) is 0 Å². The van der Waals surface area contributed by atoms with Gasteiger partial charge in [0.25, 0.3) is 5.91 Å². The quantitative estimate of drug-likeness (QED) is 0.829. The zero-order chi connectivity index (χ0) is 20.5. The monoisotopic (exact) mass is 410 g/mol. The number of fused-ring (bicyclic) bond motifs is 3. The third-order valence-electron chi connectivity index (χ3n) is 4.70. The predicted octanol–water partition coefficient (Wildman–Crippen LogP) is 3.95. The Morgan fingerprint density at radius 3 is 2.72 bits per heavy atom. The van der Waals surface area contributed by atoms with Gasteiger partial charge in [-0.15, -0.1) is 0 Å². The second-order valence-corrected chi connectivity index (χ2v) is 7.87. The van der Waals surface area contributed by atoms with E-state index in [1.54, 1.807) is 19.1 Å². The highest BCUT2D eigenvalue weighted by Crippen LogP contribution is 2.35. The number of amides is 2. The van der Waals surface area contributed by atoms with E-state index >= 15 is 0 Å². The van der Waals surface area contributed by atoms with E-state index < -0.39 is 17.1 Å². The molecule has 8 heteroatoms. The first-order valence-corrected chi connectivity index (χ1v) is 10.2. The van der Waals surface area contributed by atoms with Crippen molar-refractivity contribution in [1.29, 1.82) is 0 Å². The number of anilines is 1. The van der Waals surface area contributed by atoms with Crippen molar-refractivity contribution < 1.29 is 14.0 Å². The first-order chi connectivity index (χ1) is 14.0. The lowest BCUT2D eigenvalue weighted by molar-refractivity contribution is -0.124. The molecule has 0 saturated heterocycles. The van der Waals surface area contributed by atoms with Gasteiger partial charge in [-0.05, 0) is 37.6 Å². The van der Waals surface area contributed by atoms with Crippen LogP contribution in [0.25, 0.3) is 0 Å². The van der Waals surface area contributed by atoms with Crippen LogP contribution >= 0.6 is 11.8 Å². The smallest absolute Gasteiger partial charge is 0.258 e. The molecular formula is C21H19FN4O2S. The van der Waals surface area contributed by atoms with Gasteiger partial charge < -0.3 is 5.32 Å². The standard InChI is InChI=1S/C21H19FN4O2S/c1-3-17(19(27)24-16-11-7-5-9-14(16)22)29-21-25-15-10-6-4-8-13(15)18-23-12(2)20(28)26(18)21/h4-12,17H,3H2,1-2H3,(H,24,27). The van der Waals surface area contributed by atoms with Crippen molar-refractivity contribution in [3.05, 3.63) is 59.9 Å². The highest BCUT2D eigenvalue weighted by atomic mass is 32.2. The van der Waals surface area contributed by atoms with E-state index in [4.69, 9.17) is 0 Å². The lowest BCUT2D eigenvalue weighted by Crippen LogP contribution is -2.42. The summed E-state index contributed by atoms with van der Waals surface area (Å²) in [7, 11) is 0. The van der Waals surface area contributed by atoms with Gasteiger partial charge in [-0.25, -0.2) is 14.3 Å². The van der Waals surface area contributed by atoms with Gasteiger partial charge in [0.15, 0.2) is 5.17 Å². The fraction of sp³-hybridized carbons (Fsp3) is 0.238. The fourth-order valence-corrected chi connectivity index (χ4v) is 4.20. The minimum absolute atomic E-state index is 0.126. The molecule has 6 nitrogen and oxygen atoms in total. The highest BCUT2D eigenvalue weighted by Gasteiger charge is 2.40. The van der Waals surface area contributed by atoms with Gasteiger partial charge in [-0.2, -0.15) is 0 Å². The number of aliphatic imine (C=N–C) groups is 2. The van der Waals surface area contributed by atoms with Crippen molar-refractivity contribution in [1.82, 2.24) is 4.90 Å². The number of thioether (sulfide) groups is 1. The number of carbonyl (C=O) groups excluding carboxylic acids is 2. The maximum absolute atomic E-state index is 13.9. The molecule has 2 aromatic rings. The van der Waals surface area contributed by atoms with Gasteiger partial charge in [-0.3, -0.25) is 14.6 Å². The molecule has 0 aliphatic carbocycles. The van der Waals surface area contributed by atoms with Gasteiger partial charge in [0, 0.05) is 5.56 Å². The van der Waals surface area contributed by atoms with E-state index in [9.17, 15) is 14.0 Å². The van der Waals surface area contributed by atoms with Crippen LogP contribution in [0.4, 0.5) is 15.8 Å². The lowest BCUT2D eigenvalue weighted by Gasteiger charge is -2.27. The van der Waals surface area contributed by atoms with Crippen molar-refractivity contribution in [2.75, 3.05) is 5.32 Å². The number of amidine groups is 2. The van der Waals surface area contributed by atoms with Crippen molar-refractivity contribution in [2.45, 2.75) is 31.6 Å². The van der Waals surface area contributed by atoms with E-state index in [0.717, 1.165) is 5.56 Å². The minimum atomic E-state index is -0.552. The highest BCUT2D eigenvalue weighted by molar-refractivity contribution is 8.15. The number of nitrogens with zero attached hydrogens (tertiary/aromatic N) is 3. The number of para-hydroxylation sites is 2. The summed E-state index contributed by atoms with van der Waals surface area (Å²) in [4.78, 5) is 36.1. The topological polar surface area (TPSA) is 74.1 Å². The normalized spacial score (nSPS) is 18.5. The molecule has 0 bridgehead atoms. The molecule has 2 atom stereocenters. The molecule has 0 radical (unpaired) electrons. The summed E-state index contributed by atoms with van der Waals surface area (Å²) in [6.07, 6.45) is 0.482. The summed E-state index contributed by atoms with van der Waals surface area (Å²) >= 11 is 1.18. The average Bonchev–Trinajstić information content (AvgIpc) is 3.03. The second-order valence-electron chi connectivity index (χ2n) is 6.70. The maximum Gasteiger partial charge on any atom is 0.258 e. The van der Waals surface area contributed by atoms with Crippen LogP contribution in [0.5, 0.6) is 0 Å². The molecule has 0 saturated carbocycles. The van der Waals surface area contributed by atoms with Crippen LogP contribution < -0.4 is 5.32 Å². The van der Waals surface area contributed by atoms with Crippen LogP contribution in [0.1, 0.15) is 25.8 Å². The van der Waals surface area contributed by atoms with E-state index in [0.29, 0.717) is 23.1 Å². The van der Waals surface area contributed by atoms with Crippen LogP contribution in [-0.2, 0) is 9.59 Å². The van der Waals surface area contributed by atoms with E-state index in [1.165, 1.54) is 28.8 Å². The minimum Gasteiger partial charge on any atom is -0.323 e. The number of hydrogen-bond acceptors (Lipinski definition) is 5. The molecule has 2 amide bonds. The zero-order valence-corrected chi connectivity index (χ0v) is 16.7. The Balaban J connectivity index is 1.62. The fourth-order valence-electron chi connectivity index (χ4n) is 3.18. The van der Waals surface area contributed by atoms with Crippen LogP contribution in [0, 0.1) is 5.82 Å². The molecule has 29 heavy (non-hydrogen) atoms. The van der Waals surface area contributed by atoms with Gasteiger partial charge in [0.2, 0.25) is 5.91 Å². The molecule has 148 valence electrons. The molecule has 2 aliphatic rings. The van der Waals surface area contributed by atoms with Crippen LogP contribution in [0.3, 0.4) is 0 Å². The summed E-state index contributed by atoms with van der Waals surface area (Å²) < 4.78 is 13.9. The largest absolute Gasteiger partial charge is 0.323 e. The van der Waals surface area contributed by atoms with Gasteiger partial charge in [0.1, 0.15) is 17.7 Å². The molecule has 4 rings (SSSR count). The Kier molecular flexibility index (Phi) is 5.19. The van der Waals surface area contributed by atoms with Gasteiger partial charge in [-0.1, -0.05) is 43.0 Å². The van der Waals surface area contributed by atoms with Crippen LogP contribution in [0.15, 0.2) is 58.5 Å². The molecule has 2 unspecified atom stereocenters. The first kappa shape index (κ1) is 19.3. The Morgan fingerprint density at radius 2 is 1.97 bits per heavy atom. The summed E-state index contributed by atoms with van der Waals surface area (Å²) in [5.41, 5.74) is 1.62. The molecular weight excluding hydrogens is 391 g/mol. The van der Waals surface area contributed by atoms with Gasteiger partial charge in [0.05, 0.1) is 16.6 Å². The number of benzene rings is 2. The molecule has 2 aromatic carbocycles. The molecule has 2 aliphatic heterocycles. The number of nitrogens with one attached hydrogen (secondary N) is 1. The number of rotatable bonds is 4. The maximum atomic E-state index is 13.9. The molecule has 0 spiro atoms. The molecule has 1 N–H and O–H groups in total. The third-order valence-corrected chi connectivity index (χ3v) is 6.02. The van der Waals surface area contributed by atoms with Crippen molar-refractivity contribution in [2.24, 2.45) is 9.98 Å². The zero-order valence-electron chi connectivity index (χ0n) is 15.9. The number of carbonyl (C=O) groups is 2. The van der Waals surface area contributed by atoms with Gasteiger partial charge >= 0.3 is 0 Å². The number of hydrogen-bond donors (Lipinski definition) is 1. The molecule has 0 aromatic heterocycles. The van der Waals surface area contributed by atoms with E-state index in [1.807, 2.05) is 31.2 Å². The Hall–Kier alpha value is -3.00. The van der Waals surface area contributed by atoms with E-state index in [2.05, 4.69) is 15.3 Å². The van der Waals surface area contributed by atoms with Crippen molar-refractivity contribution in [3.63, 3.8) is 0 Å². The average molecular weight is 410 g/mol. The summed E-state index contributed by atoms with van der Waals surface area (Å²) in [5.74, 6) is -0.463. The third kappa shape index (κ3) is 3.55. The lowest BCUT2D eigenvalue weighted by atomic mass is 10.1. The Bertz CT molecular complexity index is 1050. The van der Waals surface area contributed by atoms with E-state index in [-0.39, 0.29) is 17.5 Å². The SMILES string of the molecule is CCC(SC1=Nc2ccccc2C2=NC(C)C(=O)N12)C(=O)Nc1ccccc1F. The molecule has 2 heterocycles.